The zero-order valence-corrected chi connectivity index (χ0v) is 7.25. The Balaban J connectivity index is 2.48. The summed E-state index contributed by atoms with van der Waals surface area (Å²) in [5, 5.41) is 9.87. The summed E-state index contributed by atoms with van der Waals surface area (Å²) in [4.78, 5) is 3.05. The van der Waals surface area contributed by atoms with Crippen molar-refractivity contribution in [3.63, 3.8) is 0 Å². The molecule has 0 fully saturated rings. The molecule has 1 aromatic carbocycles. The fourth-order valence-electron chi connectivity index (χ4n) is 1.48. The maximum absolute atomic E-state index is 8.76. The molecule has 0 unspecified atom stereocenters. The van der Waals surface area contributed by atoms with Crippen LogP contribution in [0.2, 0.25) is 0 Å². The Bertz CT molecular complexity index is 420. The molecule has 0 aliphatic carbocycles. The zero-order chi connectivity index (χ0) is 9.26. The summed E-state index contributed by atoms with van der Waals surface area (Å²) >= 11 is 0. The molecule has 0 atom stereocenters. The normalized spacial score (nSPS) is 10.8. The topological polar surface area (TPSA) is 62.0 Å². The number of aliphatic hydroxyl groups excluding tert-OH is 1. The van der Waals surface area contributed by atoms with Crippen molar-refractivity contribution in [2.75, 3.05) is 12.3 Å². The van der Waals surface area contributed by atoms with Gasteiger partial charge in [0.15, 0.2) is 0 Å². The van der Waals surface area contributed by atoms with Crippen LogP contribution in [0.1, 0.15) is 5.56 Å². The van der Waals surface area contributed by atoms with E-state index in [0.717, 1.165) is 16.5 Å². The minimum Gasteiger partial charge on any atom is -0.396 e. The van der Waals surface area contributed by atoms with Crippen molar-refractivity contribution in [2.24, 2.45) is 0 Å². The lowest BCUT2D eigenvalue weighted by atomic mass is 10.1. The van der Waals surface area contributed by atoms with Crippen LogP contribution in [0.5, 0.6) is 0 Å². The summed E-state index contributed by atoms with van der Waals surface area (Å²) in [6.07, 6.45) is 0.689. The maximum atomic E-state index is 8.76. The Labute approximate surface area is 76.2 Å². The second-order valence-corrected chi connectivity index (χ2v) is 3.12. The van der Waals surface area contributed by atoms with Gasteiger partial charge >= 0.3 is 0 Å². The number of nitrogens with one attached hydrogen (secondary N) is 1. The van der Waals surface area contributed by atoms with E-state index in [4.69, 9.17) is 10.8 Å². The Morgan fingerprint density at radius 2 is 2.15 bits per heavy atom. The van der Waals surface area contributed by atoms with Crippen molar-refractivity contribution in [3.05, 3.63) is 29.8 Å². The van der Waals surface area contributed by atoms with Gasteiger partial charge in [0.1, 0.15) is 5.82 Å². The van der Waals surface area contributed by atoms with E-state index in [0.29, 0.717) is 12.2 Å². The molecule has 3 nitrogen and oxygen atoms in total. The highest BCUT2D eigenvalue weighted by Crippen LogP contribution is 2.18. The smallest absolute Gasteiger partial charge is 0.101 e. The number of nitrogen functional groups attached to an aromatic ring is 1. The van der Waals surface area contributed by atoms with E-state index in [2.05, 4.69) is 4.98 Å². The van der Waals surface area contributed by atoms with Gasteiger partial charge in [-0.05, 0) is 24.1 Å². The van der Waals surface area contributed by atoms with Crippen LogP contribution in [0, 0.1) is 0 Å². The molecule has 1 aromatic heterocycles. The molecule has 0 spiro atoms. The number of rotatable bonds is 2. The molecule has 3 heteroatoms. The molecule has 2 rings (SSSR count). The van der Waals surface area contributed by atoms with Crippen LogP contribution >= 0.6 is 0 Å². The standard InChI is InChI=1S/C10H12N2O/c11-10-6-8-2-1-7(3-4-13)5-9(8)12-10/h1-2,5-6,12-13H,3-4,11H2. The number of benzene rings is 1. The van der Waals surface area contributed by atoms with Crippen molar-refractivity contribution in [2.45, 2.75) is 6.42 Å². The number of anilines is 1. The van der Waals surface area contributed by atoms with Gasteiger partial charge in [0.25, 0.3) is 0 Å². The predicted molar refractivity (Wildman–Crippen MR) is 53.5 cm³/mol. The van der Waals surface area contributed by atoms with Gasteiger partial charge in [-0.3, -0.25) is 0 Å². The number of aromatic nitrogens is 1. The molecule has 0 radical (unpaired) electrons. The number of fused-ring (bicyclic) bond motifs is 1. The number of H-pyrrole nitrogens is 1. The second-order valence-electron chi connectivity index (χ2n) is 3.12. The molecule has 4 N–H and O–H groups in total. The van der Waals surface area contributed by atoms with Gasteiger partial charge in [0, 0.05) is 17.5 Å². The first-order chi connectivity index (χ1) is 6.29. The maximum Gasteiger partial charge on any atom is 0.101 e. The lowest BCUT2D eigenvalue weighted by Crippen LogP contribution is -1.89. The minimum absolute atomic E-state index is 0.182. The van der Waals surface area contributed by atoms with Gasteiger partial charge in [0.05, 0.1) is 0 Å². The summed E-state index contributed by atoms with van der Waals surface area (Å²) in [5.74, 6) is 0.677. The van der Waals surface area contributed by atoms with Gasteiger partial charge in [-0.2, -0.15) is 0 Å². The molecule has 0 aliphatic rings. The van der Waals surface area contributed by atoms with Crippen molar-refractivity contribution < 1.29 is 5.11 Å². The molecule has 13 heavy (non-hydrogen) atoms. The molecule has 0 bridgehead atoms. The average molecular weight is 176 g/mol. The quantitative estimate of drug-likeness (QED) is 0.645. The third kappa shape index (κ3) is 1.51. The van der Waals surface area contributed by atoms with Crippen LogP contribution in [-0.4, -0.2) is 16.7 Å². The average Bonchev–Trinajstić information content (AvgIpc) is 2.44. The summed E-state index contributed by atoms with van der Waals surface area (Å²) in [6.45, 7) is 0.182. The monoisotopic (exact) mass is 176 g/mol. The highest BCUT2D eigenvalue weighted by molar-refractivity contribution is 5.83. The number of nitrogens with two attached hydrogens (primary N) is 1. The highest BCUT2D eigenvalue weighted by Gasteiger charge is 1.98. The largest absolute Gasteiger partial charge is 0.396 e. The number of hydrogen-bond acceptors (Lipinski definition) is 2. The van der Waals surface area contributed by atoms with E-state index in [1.165, 1.54) is 0 Å². The number of aromatic amines is 1. The summed E-state index contributed by atoms with van der Waals surface area (Å²) in [5.41, 5.74) is 7.76. The molecule has 0 amide bonds. The van der Waals surface area contributed by atoms with Crippen molar-refractivity contribution in [3.8, 4) is 0 Å². The number of aliphatic hydroxyl groups is 1. The first kappa shape index (κ1) is 8.13. The molecule has 2 aromatic rings. The fourth-order valence-corrected chi connectivity index (χ4v) is 1.48. The highest BCUT2D eigenvalue weighted by atomic mass is 16.2. The summed E-state index contributed by atoms with van der Waals surface area (Å²) in [7, 11) is 0. The first-order valence-electron chi connectivity index (χ1n) is 4.27. The van der Waals surface area contributed by atoms with Gasteiger partial charge in [0.2, 0.25) is 0 Å². The van der Waals surface area contributed by atoms with Crippen LogP contribution < -0.4 is 5.73 Å². The van der Waals surface area contributed by atoms with Gasteiger partial charge in [-0.15, -0.1) is 0 Å². The molecule has 68 valence electrons. The van der Waals surface area contributed by atoms with Crippen molar-refractivity contribution >= 4 is 16.7 Å². The lowest BCUT2D eigenvalue weighted by molar-refractivity contribution is 0.299. The predicted octanol–water partition coefficient (Wildman–Crippen LogP) is 1.28. The SMILES string of the molecule is Nc1cc2ccc(CCO)cc2[nH]1. The van der Waals surface area contributed by atoms with E-state index in [1.54, 1.807) is 0 Å². The summed E-state index contributed by atoms with van der Waals surface area (Å²) < 4.78 is 0. The molecular weight excluding hydrogens is 164 g/mol. The zero-order valence-electron chi connectivity index (χ0n) is 7.25. The van der Waals surface area contributed by atoms with Crippen LogP contribution in [0.3, 0.4) is 0 Å². The molecule has 1 heterocycles. The molecular formula is C10H12N2O. The minimum atomic E-state index is 0.182. The van der Waals surface area contributed by atoms with Gasteiger partial charge < -0.3 is 15.8 Å². The number of hydrogen-bond donors (Lipinski definition) is 3. The van der Waals surface area contributed by atoms with Crippen LogP contribution in [0.15, 0.2) is 24.3 Å². The van der Waals surface area contributed by atoms with E-state index in [1.807, 2.05) is 24.3 Å². The van der Waals surface area contributed by atoms with Crippen LogP contribution in [0.4, 0.5) is 5.82 Å². The lowest BCUT2D eigenvalue weighted by Gasteiger charge is -1.97. The molecule has 0 saturated heterocycles. The summed E-state index contributed by atoms with van der Waals surface area (Å²) in [6, 6.07) is 7.93. The van der Waals surface area contributed by atoms with Crippen LogP contribution in [-0.2, 0) is 6.42 Å². The Morgan fingerprint density at radius 3 is 2.92 bits per heavy atom. The van der Waals surface area contributed by atoms with Crippen molar-refractivity contribution in [1.82, 2.24) is 4.98 Å². The van der Waals surface area contributed by atoms with E-state index in [-0.39, 0.29) is 6.61 Å². The third-order valence-electron chi connectivity index (χ3n) is 2.11. The molecule has 0 aliphatic heterocycles. The Morgan fingerprint density at radius 1 is 1.31 bits per heavy atom. The Hall–Kier alpha value is -1.48. The van der Waals surface area contributed by atoms with Crippen molar-refractivity contribution in [1.29, 1.82) is 0 Å². The first-order valence-corrected chi connectivity index (χ1v) is 4.27. The Kier molecular flexibility index (Phi) is 1.94. The van der Waals surface area contributed by atoms with E-state index in [9.17, 15) is 0 Å². The van der Waals surface area contributed by atoms with Gasteiger partial charge in [-0.25, -0.2) is 0 Å². The second kappa shape index (κ2) is 3.11. The fraction of sp³-hybridized carbons (Fsp3) is 0.200. The molecule has 0 saturated carbocycles. The van der Waals surface area contributed by atoms with E-state index < -0.39 is 0 Å². The third-order valence-corrected chi connectivity index (χ3v) is 2.11. The van der Waals surface area contributed by atoms with Gasteiger partial charge in [-0.1, -0.05) is 12.1 Å². The van der Waals surface area contributed by atoms with E-state index >= 15 is 0 Å². The van der Waals surface area contributed by atoms with Crippen LogP contribution in [0.25, 0.3) is 10.9 Å².